The number of carbonyl (C=O) groups excluding carboxylic acids is 2. The lowest BCUT2D eigenvalue weighted by Crippen LogP contribution is -2.12. The highest BCUT2D eigenvalue weighted by atomic mass is 16.2. The number of hydrogen-bond acceptors (Lipinski definition) is 2. The van der Waals surface area contributed by atoms with E-state index in [2.05, 4.69) is 5.32 Å². The molecule has 0 bridgehead atoms. The van der Waals surface area contributed by atoms with Crippen molar-refractivity contribution in [1.82, 2.24) is 0 Å². The number of fused-ring (bicyclic) bond motifs is 3. The third-order valence-corrected chi connectivity index (χ3v) is 3.22. The van der Waals surface area contributed by atoms with Crippen LogP contribution in [0.15, 0.2) is 12.1 Å². The highest BCUT2D eigenvalue weighted by molar-refractivity contribution is 6.51. The Hall–Kier alpha value is -1.64. The minimum absolute atomic E-state index is 0.390. The van der Waals surface area contributed by atoms with E-state index in [1.165, 1.54) is 17.5 Å². The van der Waals surface area contributed by atoms with Crippen molar-refractivity contribution < 1.29 is 9.59 Å². The molecule has 1 aliphatic heterocycles. The first kappa shape index (κ1) is 11.8. The summed E-state index contributed by atoms with van der Waals surface area (Å²) < 4.78 is 0. The molecule has 1 aromatic carbocycles. The number of Topliss-reactive ketones (excluding diaryl/α,β-unsaturated/α-hetero) is 1. The molecule has 1 aliphatic carbocycles. The molecule has 0 spiro atoms. The SMILES string of the molecule is CC.O=C1Nc2c(ccc3c2CCCC3)C1=O. The smallest absolute Gasteiger partial charge is 0.296 e. The van der Waals surface area contributed by atoms with Crippen LogP contribution in [0.3, 0.4) is 0 Å². The summed E-state index contributed by atoms with van der Waals surface area (Å²) in [7, 11) is 0. The van der Waals surface area contributed by atoms with Crippen molar-refractivity contribution in [2.24, 2.45) is 0 Å². The Morgan fingerprint density at radius 2 is 1.76 bits per heavy atom. The van der Waals surface area contributed by atoms with E-state index in [-0.39, 0.29) is 0 Å². The normalized spacial score (nSPS) is 16.6. The fourth-order valence-electron chi connectivity index (χ4n) is 2.45. The van der Waals surface area contributed by atoms with Crippen LogP contribution in [0.2, 0.25) is 0 Å². The van der Waals surface area contributed by atoms with Gasteiger partial charge in [-0.2, -0.15) is 0 Å². The third kappa shape index (κ3) is 1.86. The Morgan fingerprint density at radius 1 is 1.06 bits per heavy atom. The number of aryl methyl sites for hydroxylation is 1. The van der Waals surface area contributed by atoms with Crippen LogP contribution in [0.4, 0.5) is 5.69 Å². The van der Waals surface area contributed by atoms with Crippen molar-refractivity contribution in [3.8, 4) is 0 Å². The van der Waals surface area contributed by atoms with E-state index in [1.807, 2.05) is 19.9 Å². The molecule has 2 aliphatic rings. The summed E-state index contributed by atoms with van der Waals surface area (Å²) in [6.45, 7) is 4.00. The van der Waals surface area contributed by atoms with Crippen LogP contribution in [0.5, 0.6) is 0 Å². The number of hydrogen-bond donors (Lipinski definition) is 1. The fourth-order valence-corrected chi connectivity index (χ4v) is 2.45. The number of ketones is 1. The maximum atomic E-state index is 11.5. The molecule has 3 rings (SSSR count). The highest BCUT2D eigenvalue weighted by Crippen LogP contribution is 2.34. The molecule has 3 nitrogen and oxygen atoms in total. The highest BCUT2D eigenvalue weighted by Gasteiger charge is 2.31. The van der Waals surface area contributed by atoms with Gasteiger partial charge in [0.25, 0.3) is 11.7 Å². The second-order valence-electron chi connectivity index (χ2n) is 4.12. The van der Waals surface area contributed by atoms with Gasteiger partial charge in [-0.1, -0.05) is 19.9 Å². The van der Waals surface area contributed by atoms with Crippen LogP contribution in [0.1, 0.15) is 48.2 Å². The van der Waals surface area contributed by atoms with Crippen LogP contribution in [-0.2, 0) is 17.6 Å². The van der Waals surface area contributed by atoms with E-state index >= 15 is 0 Å². The zero-order valence-electron chi connectivity index (χ0n) is 10.3. The van der Waals surface area contributed by atoms with Crippen molar-refractivity contribution in [2.45, 2.75) is 39.5 Å². The van der Waals surface area contributed by atoms with Crippen LogP contribution in [0.25, 0.3) is 0 Å². The second kappa shape index (κ2) is 4.70. The molecule has 1 amide bonds. The topological polar surface area (TPSA) is 46.2 Å². The third-order valence-electron chi connectivity index (χ3n) is 3.22. The molecule has 0 fully saturated rings. The molecule has 1 aromatic rings. The molecule has 1 N–H and O–H groups in total. The van der Waals surface area contributed by atoms with Gasteiger partial charge in [0.15, 0.2) is 0 Å². The van der Waals surface area contributed by atoms with Crippen molar-refractivity contribution in [1.29, 1.82) is 0 Å². The fraction of sp³-hybridized carbons (Fsp3) is 0.429. The number of rotatable bonds is 0. The molecule has 0 aromatic heterocycles. The number of anilines is 1. The quantitative estimate of drug-likeness (QED) is 0.698. The van der Waals surface area contributed by atoms with E-state index in [0.29, 0.717) is 5.56 Å². The lowest BCUT2D eigenvalue weighted by atomic mass is 9.89. The molecular weight excluding hydrogens is 214 g/mol. The van der Waals surface area contributed by atoms with E-state index in [0.717, 1.165) is 24.9 Å². The summed E-state index contributed by atoms with van der Waals surface area (Å²) in [6, 6.07) is 3.77. The lowest BCUT2D eigenvalue weighted by Gasteiger charge is -2.18. The molecule has 1 heterocycles. The zero-order chi connectivity index (χ0) is 12.4. The van der Waals surface area contributed by atoms with Crippen molar-refractivity contribution in [3.05, 3.63) is 28.8 Å². The van der Waals surface area contributed by atoms with E-state index in [1.54, 1.807) is 6.07 Å². The van der Waals surface area contributed by atoms with E-state index < -0.39 is 11.7 Å². The van der Waals surface area contributed by atoms with Gasteiger partial charge in [-0.25, -0.2) is 0 Å². The van der Waals surface area contributed by atoms with E-state index in [4.69, 9.17) is 0 Å². The van der Waals surface area contributed by atoms with Gasteiger partial charge in [-0.15, -0.1) is 0 Å². The molecule has 0 radical (unpaired) electrons. The van der Waals surface area contributed by atoms with Gasteiger partial charge < -0.3 is 5.32 Å². The van der Waals surface area contributed by atoms with Crippen LogP contribution >= 0.6 is 0 Å². The van der Waals surface area contributed by atoms with Crippen LogP contribution in [-0.4, -0.2) is 11.7 Å². The monoisotopic (exact) mass is 231 g/mol. The average Bonchev–Trinajstić information content (AvgIpc) is 2.68. The number of amides is 1. The molecule has 0 unspecified atom stereocenters. The maximum absolute atomic E-state index is 11.5. The molecule has 17 heavy (non-hydrogen) atoms. The van der Waals surface area contributed by atoms with Gasteiger partial charge >= 0.3 is 0 Å². The summed E-state index contributed by atoms with van der Waals surface area (Å²) in [5.41, 5.74) is 3.80. The summed E-state index contributed by atoms with van der Waals surface area (Å²) in [5, 5.41) is 2.69. The minimum Gasteiger partial charge on any atom is -0.318 e. The Bertz CT molecular complexity index is 477. The van der Waals surface area contributed by atoms with Crippen molar-refractivity contribution in [3.63, 3.8) is 0 Å². The molecule has 90 valence electrons. The first-order chi connectivity index (χ1) is 8.27. The Labute approximate surface area is 101 Å². The number of carbonyl (C=O) groups is 2. The first-order valence-electron chi connectivity index (χ1n) is 6.28. The number of nitrogens with one attached hydrogen (secondary N) is 1. The molecule has 0 saturated heterocycles. The predicted octanol–water partition coefficient (Wildman–Crippen LogP) is 2.73. The maximum Gasteiger partial charge on any atom is 0.296 e. The molecule has 0 saturated carbocycles. The van der Waals surface area contributed by atoms with Gasteiger partial charge in [-0.05, 0) is 42.9 Å². The van der Waals surface area contributed by atoms with Gasteiger partial charge in [0, 0.05) is 0 Å². The van der Waals surface area contributed by atoms with Crippen LogP contribution in [0, 0.1) is 0 Å². The van der Waals surface area contributed by atoms with Crippen LogP contribution < -0.4 is 5.32 Å². The Kier molecular flexibility index (Phi) is 3.27. The summed E-state index contributed by atoms with van der Waals surface area (Å²) in [5.74, 6) is -0.873. The zero-order valence-corrected chi connectivity index (χ0v) is 10.3. The minimum atomic E-state index is -0.482. The number of benzene rings is 1. The molecular formula is C14H17NO2. The summed E-state index contributed by atoms with van der Waals surface area (Å²) >= 11 is 0. The van der Waals surface area contributed by atoms with Gasteiger partial charge in [0.1, 0.15) is 0 Å². The predicted molar refractivity (Wildman–Crippen MR) is 67.4 cm³/mol. The Morgan fingerprint density at radius 3 is 2.53 bits per heavy atom. The first-order valence-corrected chi connectivity index (χ1v) is 6.28. The lowest BCUT2D eigenvalue weighted by molar-refractivity contribution is -0.112. The Balaban J connectivity index is 0.000000514. The van der Waals surface area contributed by atoms with Crippen molar-refractivity contribution >= 4 is 17.4 Å². The standard InChI is InChI=1S/C12H11NO2.C2H6/c14-11-9-6-5-7-3-1-2-4-8(7)10(9)13-12(11)15;1-2/h5-6H,1-4H2,(H,13,14,15);1-2H3. The van der Waals surface area contributed by atoms with Gasteiger partial charge in [0.05, 0.1) is 11.3 Å². The van der Waals surface area contributed by atoms with Gasteiger partial charge in [0.2, 0.25) is 0 Å². The van der Waals surface area contributed by atoms with Crippen molar-refractivity contribution in [2.75, 3.05) is 5.32 Å². The second-order valence-corrected chi connectivity index (χ2v) is 4.12. The average molecular weight is 231 g/mol. The largest absolute Gasteiger partial charge is 0.318 e. The summed E-state index contributed by atoms with van der Waals surface area (Å²) in [4.78, 5) is 22.7. The van der Waals surface area contributed by atoms with E-state index in [9.17, 15) is 9.59 Å². The summed E-state index contributed by atoms with van der Waals surface area (Å²) in [6.07, 6.45) is 4.39. The molecule has 0 atom stereocenters. The van der Waals surface area contributed by atoms with Gasteiger partial charge in [-0.3, -0.25) is 9.59 Å². The molecule has 3 heteroatoms.